The highest BCUT2D eigenvalue weighted by Crippen LogP contribution is 2.17. The first-order valence-corrected chi connectivity index (χ1v) is 17.4. The summed E-state index contributed by atoms with van der Waals surface area (Å²) in [7, 11) is -3.80. The minimum absolute atomic E-state index is 0.0570. The van der Waals surface area contributed by atoms with E-state index in [1.165, 1.54) is 101 Å². The number of sulfonamides is 1. The molecule has 1 amide bonds. The van der Waals surface area contributed by atoms with Gasteiger partial charge in [-0.1, -0.05) is 121 Å². The number of carbonyl (C=O) groups excluding carboxylic acids is 1. The summed E-state index contributed by atoms with van der Waals surface area (Å²) in [5.41, 5.74) is 6.04. The Morgan fingerprint density at radius 3 is 1.72 bits per heavy atom. The number of anilines is 1. The molecule has 1 heterocycles. The number of carbonyl (C=O) groups is 1. The number of nitrogens with zero attached hydrogens (tertiary/aromatic N) is 1. The Morgan fingerprint density at radius 1 is 0.698 bits per heavy atom. The van der Waals surface area contributed by atoms with Gasteiger partial charge in [-0.2, -0.15) is 0 Å². The van der Waals surface area contributed by atoms with Gasteiger partial charge in [0.05, 0.1) is 4.90 Å². The lowest BCUT2D eigenvalue weighted by Gasteiger charge is -2.07. The van der Waals surface area contributed by atoms with Crippen LogP contribution >= 0.6 is 0 Å². The number of hydrogen-bond acceptors (Lipinski definition) is 6. The number of nitrogens with two attached hydrogens (primary N) is 1. The van der Waals surface area contributed by atoms with Crippen molar-refractivity contribution in [2.24, 2.45) is 0 Å². The summed E-state index contributed by atoms with van der Waals surface area (Å²) in [5, 5.41) is 0. The lowest BCUT2D eigenvalue weighted by Crippen LogP contribution is -2.30. The fraction of sp³-hybridized carbons (Fsp3) is 0.486. The predicted octanol–water partition coefficient (Wildman–Crippen LogP) is 9.21. The van der Waals surface area contributed by atoms with Crippen molar-refractivity contribution in [2.45, 2.75) is 115 Å². The fourth-order valence-electron chi connectivity index (χ4n) is 4.58. The standard InChI is InChI=1S/C24H42N2O3S.C11H9NO/c1-2-3-4-5-6-7-8-9-10-11-12-13-14-15-16-17-24(27)26-30(28,29)23-20-18-22(25)19-21-23;1-2-6-10(7-3-1)13-11-8-4-5-9-12-11/h18-21H,2-17,25H2,1H3,(H,26,27);1-9H. The van der Waals surface area contributed by atoms with Crippen LogP contribution in [0.15, 0.2) is 83.9 Å². The number of rotatable bonds is 20. The van der Waals surface area contributed by atoms with Crippen molar-refractivity contribution < 1.29 is 17.9 Å². The van der Waals surface area contributed by atoms with E-state index in [4.69, 9.17) is 10.5 Å². The van der Waals surface area contributed by atoms with Crippen LogP contribution in [-0.4, -0.2) is 19.3 Å². The van der Waals surface area contributed by atoms with Crippen molar-refractivity contribution in [1.82, 2.24) is 9.71 Å². The van der Waals surface area contributed by atoms with Gasteiger partial charge in [0, 0.05) is 24.4 Å². The third kappa shape index (κ3) is 17.4. The number of aromatic nitrogens is 1. The highest BCUT2D eigenvalue weighted by molar-refractivity contribution is 7.90. The zero-order chi connectivity index (χ0) is 31.0. The van der Waals surface area contributed by atoms with Crippen molar-refractivity contribution in [3.05, 3.63) is 79.0 Å². The van der Waals surface area contributed by atoms with E-state index >= 15 is 0 Å². The Bertz CT molecular complexity index is 1180. The van der Waals surface area contributed by atoms with Gasteiger partial charge < -0.3 is 10.5 Å². The van der Waals surface area contributed by atoms with Gasteiger partial charge in [0.15, 0.2) is 0 Å². The van der Waals surface area contributed by atoms with Crippen LogP contribution in [0.5, 0.6) is 11.6 Å². The molecule has 0 radical (unpaired) electrons. The molecule has 3 aromatic rings. The number of unbranched alkanes of at least 4 members (excludes halogenated alkanes) is 14. The Labute approximate surface area is 259 Å². The summed E-state index contributed by atoms with van der Waals surface area (Å²) < 4.78 is 31.9. The van der Waals surface area contributed by atoms with Gasteiger partial charge in [-0.25, -0.2) is 18.1 Å². The third-order valence-electron chi connectivity index (χ3n) is 7.05. The number of ether oxygens (including phenoxy) is 1. The van der Waals surface area contributed by atoms with E-state index in [9.17, 15) is 13.2 Å². The number of nitrogens with one attached hydrogen (secondary N) is 1. The summed E-state index contributed by atoms with van der Waals surface area (Å²) >= 11 is 0. The van der Waals surface area contributed by atoms with Crippen LogP contribution in [-0.2, 0) is 14.8 Å². The number of hydrogen-bond donors (Lipinski definition) is 2. The van der Waals surface area contributed by atoms with Gasteiger partial charge >= 0.3 is 0 Å². The number of benzene rings is 2. The molecule has 0 saturated carbocycles. The fourth-order valence-corrected chi connectivity index (χ4v) is 5.59. The maximum absolute atomic E-state index is 12.1. The van der Waals surface area contributed by atoms with E-state index in [0.29, 0.717) is 11.6 Å². The molecule has 1 aromatic heterocycles. The molecule has 0 aliphatic rings. The molecule has 236 valence electrons. The van der Waals surface area contributed by atoms with Crippen molar-refractivity contribution in [3.63, 3.8) is 0 Å². The highest BCUT2D eigenvalue weighted by Gasteiger charge is 2.16. The van der Waals surface area contributed by atoms with E-state index in [-0.39, 0.29) is 11.3 Å². The lowest BCUT2D eigenvalue weighted by molar-refractivity contribution is -0.119. The molecular weight excluding hydrogens is 558 g/mol. The molecule has 0 bridgehead atoms. The van der Waals surface area contributed by atoms with Gasteiger partial charge in [-0.15, -0.1) is 0 Å². The summed E-state index contributed by atoms with van der Waals surface area (Å²) in [6.07, 6.45) is 20.9. The van der Waals surface area contributed by atoms with Gasteiger partial charge in [0.2, 0.25) is 11.8 Å². The van der Waals surface area contributed by atoms with E-state index in [1.54, 1.807) is 6.20 Å². The van der Waals surface area contributed by atoms with Crippen LogP contribution in [0.2, 0.25) is 0 Å². The number of pyridine rings is 1. The molecule has 0 spiro atoms. The maximum atomic E-state index is 12.1. The first kappa shape index (κ1) is 35.8. The zero-order valence-corrected chi connectivity index (χ0v) is 26.7. The molecule has 7 nitrogen and oxygen atoms in total. The van der Waals surface area contributed by atoms with Crippen LogP contribution in [0.25, 0.3) is 0 Å². The minimum atomic E-state index is -3.80. The Kier molecular flexibility index (Phi) is 18.5. The third-order valence-corrected chi connectivity index (χ3v) is 8.44. The molecule has 3 N–H and O–H groups in total. The van der Waals surface area contributed by atoms with Gasteiger partial charge in [-0.05, 0) is 48.9 Å². The summed E-state index contributed by atoms with van der Waals surface area (Å²) in [5.74, 6) is 0.983. The molecule has 0 aliphatic heterocycles. The van der Waals surface area contributed by atoms with Crippen molar-refractivity contribution >= 4 is 21.6 Å². The predicted molar refractivity (Wildman–Crippen MR) is 176 cm³/mol. The zero-order valence-electron chi connectivity index (χ0n) is 25.9. The van der Waals surface area contributed by atoms with E-state index in [1.807, 2.05) is 48.5 Å². The van der Waals surface area contributed by atoms with Crippen molar-refractivity contribution in [3.8, 4) is 11.6 Å². The van der Waals surface area contributed by atoms with E-state index < -0.39 is 15.9 Å². The second-order valence-electron chi connectivity index (χ2n) is 10.9. The summed E-state index contributed by atoms with van der Waals surface area (Å²) in [4.78, 5) is 16.0. The molecule has 0 unspecified atom stereocenters. The summed E-state index contributed by atoms with van der Waals surface area (Å²) in [6.45, 7) is 2.26. The topological polar surface area (TPSA) is 111 Å². The minimum Gasteiger partial charge on any atom is -0.439 e. The summed E-state index contributed by atoms with van der Waals surface area (Å²) in [6, 6.07) is 21.0. The number of amides is 1. The second kappa shape index (κ2) is 22.2. The molecule has 0 aliphatic carbocycles. The van der Waals surface area contributed by atoms with Crippen molar-refractivity contribution in [1.29, 1.82) is 0 Å². The van der Waals surface area contributed by atoms with Gasteiger partial charge in [0.25, 0.3) is 10.0 Å². The molecule has 8 heteroatoms. The van der Waals surface area contributed by atoms with Crippen LogP contribution < -0.4 is 15.2 Å². The average Bonchev–Trinajstić information content (AvgIpc) is 3.00. The molecule has 0 fully saturated rings. The first-order valence-electron chi connectivity index (χ1n) is 16.0. The SMILES string of the molecule is CCCCCCCCCCCCCCCCCC(=O)NS(=O)(=O)c1ccc(N)cc1.c1ccc(Oc2ccccn2)cc1. The number of para-hydroxylation sites is 1. The maximum Gasteiger partial charge on any atom is 0.264 e. The van der Waals surface area contributed by atoms with E-state index in [2.05, 4.69) is 16.6 Å². The van der Waals surface area contributed by atoms with E-state index in [0.717, 1.165) is 25.0 Å². The molecule has 0 saturated heterocycles. The first-order chi connectivity index (χ1) is 20.9. The normalized spacial score (nSPS) is 10.9. The van der Waals surface area contributed by atoms with Crippen LogP contribution in [0.4, 0.5) is 5.69 Å². The van der Waals surface area contributed by atoms with Gasteiger partial charge in [-0.3, -0.25) is 4.79 Å². The van der Waals surface area contributed by atoms with Crippen LogP contribution in [0.3, 0.4) is 0 Å². The smallest absolute Gasteiger partial charge is 0.264 e. The molecule has 0 atom stereocenters. The molecule has 43 heavy (non-hydrogen) atoms. The average molecular weight is 610 g/mol. The molecular formula is C35H51N3O4S. The Balaban J connectivity index is 0.000000407. The Hall–Kier alpha value is -3.39. The van der Waals surface area contributed by atoms with Crippen LogP contribution in [0, 0.1) is 0 Å². The molecule has 3 rings (SSSR count). The number of nitrogen functional groups attached to an aromatic ring is 1. The second-order valence-corrected chi connectivity index (χ2v) is 12.6. The van der Waals surface area contributed by atoms with Crippen LogP contribution in [0.1, 0.15) is 110 Å². The lowest BCUT2D eigenvalue weighted by atomic mass is 10.0. The quantitative estimate of drug-likeness (QED) is 0.0975. The monoisotopic (exact) mass is 609 g/mol. The highest BCUT2D eigenvalue weighted by atomic mass is 32.2. The Morgan fingerprint density at radius 2 is 1.21 bits per heavy atom. The van der Waals surface area contributed by atoms with Gasteiger partial charge in [0.1, 0.15) is 5.75 Å². The molecule has 2 aromatic carbocycles. The largest absolute Gasteiger partial charge is 0.439 e. The van der Waals surface area contributed by atoms with Crippen molar-refractivity contribution in [2.75, 3.05) is 5.73 Å².